The lowest BCUT2D eigenvalue weighted by Crippen LogP contribution is -2.07. The van der Waals surface area contributed by atoms with Crippen LogP contribution < -0.4 is 0 Å². The average molecular weight is 358 g/mol. The first-order valence-corrected chi connectivity index (χ1v) is 6.33. The van der Waals surface area contributed by atoms with Crippen molar-refractivity contribution in [2.75, 3.05) is 0 Å². The van der Waals surface area contributed by atoms with Gasteiger partial charge in [-0.2, -0.15) is 0 Å². The molecule has 92 valence electrons. The van der Waals surface area contributed by atoms with Crippen molar-refractivity contribution in [3.05, 3.63) is 68.3 Å². The van der Waals surface area contributed by atoms with Crippen molar-refractivity contribution in [1.29, 1.82) is 0 Å². The molecule has 1 nitrogen and oxygen atoms in total. The molecule has 0 atom stereocenters. The van der Waals surface area contributed by atoms with Gasteiger partial charge in [0.05, 0.1) is 5.56 Å². The van der Waals surface area contributed by atoms with Gasteiger partial charge in [-0.25, -0.2) is 8.78 Å². The Hall–Kier alpha value is -1.30. The minimum Gasteiger partial charge on any atom is -0.288 e. The first kappa shape index (κ1) is 13.1. The summed E-state index contributed by atoms with van der Waals surface area (Å²) in [5.74, 6) is -1.78. The molecule has 0 N–H and O–H groups in total. The maximum atomic E-state index is 13.7. The largest absolute Gasteiger partial charge is 0.288 e. The third-order valence-electron chi connectivity index (χ3n) is 2.61. The second kappa shape index (κ2) is 5.14. The SMILES string of the molecule is Cc1cc(F)c(C(=O)c2ccccc2I)cc1F. The topological polar surface area (TPSA) is 17.1 Å². The third kappa shape index (κ3) is 2.43. The molecule has 0 unspecified atom stereocenters. The molecule has 0 aliphatic heterocycles. The van der Waals surface area contributed by atoms with Crippen LogP contribution in [0.4, 0.5) is 8.78 Å². The van der Waals surface area contributed by atoms with Crippen molar-refractivity contribution < 1.29 is 13.6 Å². The molecule has 4 heteroatoms. The zero-order valence-corrected chi connectivity index (χ0v) is 11.7. The van der Waals surface area contributed by atoms with E-state index in [0.29, 0.717) is 9.13 Å². The van der Waals surface area contributed by atoms with E-state index in [-0.39, 0.29) is 11.1 Å². The second-order valence-electron chi connectivity index (χ2n) is 3.89. The summed E-state index contributed by atoms with van der Waals surface area (Å²) in [6, 6.07) is 8.81. The van der Waals surface area contributed by atoms with Gasteiger partial charge >= 0.3 is 0 Å². The highest BCUT2D eigenvalue weighted by Gasteiger charge is 2.18. The maximum absolute atomic E-state index is 13.7. The molecule has 2 rings (SSSR count). The highest BCUT2D eigenvalue weighted by Crippen LogP contribution is 2.20. The molecule has 2 aromatic rings. The van der Waals surface area contributed by atoms with Crippen LogP contribution in [0.15, 0.2) is 36.4 Å². The highest BCUT2D eigenvalue weighted by atomic mass is 127. The molecular weight excluding hydrogens is 349 g/mol. The fraction of sp³-hybridized carbons (Fsp3) is 0.0714. The number of hydrogen-bond donors (Lipinski definition) is 0. The molecule has 0 fully saturated rings. The quantitative estimate of drug-likeness (QED) is 0.583. The molecule has 0 radical (unpaired) electrons. The summed E-state index contributed by atoms with van der Waals surface area (Å²) < 4.78 is 27.8. The minimum atomic E-state index is -0.696. The lowest BCUT2D eigenvalue weighted by atomic mass is 10.0. The Morgan fingerprint density at radius 1 is 1.06 bits per heavy atom. The number of rotatable bonds is 2. The number of halogens is 3. The summed E-state index contributed by atoms with van der Waals surface area (Å²) in [5.41, 5.74) is 0.328. The van der Waals surface area contributed by atoms with E-state index >= 15 is 0 Å². The predicted octanol–water partition coefficient (Wildman–Crippen LogP) is 4.11. The fourth-order valence-electron chi connectivity index (χ4n) is 1.61. The summed E-state index contributed by atoms with van der Waals surface area (Å²) in [6.45, 7) is 1.46. The molecule has 2 aromatic carbocycles. The molecule has 0 aliphatic rings. The van der Waals surface area contributed by atoms with Gasteiger partial charge < -0.3 is 0 Å². The Balaban J connectivity index is 2.53. The van der Waals surface area contributed by atoms with Crippen LogP contribution in [0.5, 0.6) is 0 Å². The van der Waals surface area contributed by atoms with Gasteiger partial charge in [-0.3, -0.25) is 4.79 Å². The smallest absolute Gasteiger partial charge is 0.197 e. The van der Waals surface area contributed by atoms with Crippen LogP contribution in [-0.4, -0.2) is 5.78 Å². The first-order valence-electron chi connectivity index (χ1n) is 5.25. The van der Waals surface area contributed by atoms with Crippen LogP contribution in [0, 0.1) is 22.1 Å². The number of carbonyl (C=O) groups is 1. The molecule has 0 spiro atoms. The summed E-state index contributed by atoms with van der Waals surface area (Å²) in [6.07, 6.45) is 0. The molecular formula is C14H9F2IO. The number of carbonyl (C=O) groups excluding carboxylic acids is 1. The zero-order valence-electron chi connectivity index (χ0n) is 9.51. The molecule has 0 aliphatic carbocycles. The van der Waals surface area contributed by atoms with E-state index in [9.17, 15) is 13.6 Å². The lowest BCUT2D eigenvalue weighted by Gasteiger charge is -2.06. The van der Waals surface area contributed by atoms with Crippen molar-refractivity contribution in [2.24, 2.45) is 0 Å². The maximum Gasteiger partial charge on any atom is 0.197 e. The summed E-state index contributed by atoms with van der Waals surface area (Å²) in [4.78, 5) is 12.1. The van der Waals surface area contributed by atoms with Crippen LogP contribution in [0.1, 0.15) is 21.5 Å². The van der Waals surface area contributed by atoms with E-state index in [1.165, 1.54) is 6.92 Å². The molecule has 0 heterocycles. The van der Waals surface area contributed by atoms with Gasteiger partial charge in [0.2, 0.25) is 0 Å². The van der Waals surface area contributed by atoms with E-state index < -0.39 is 17.4 Å². The predicted molar refractivity (Wildman–Crippen MR) is 73.7 cm³/mol. The van der Waals surface area contributed by atoms with E-state index in [4.69, 9.17) is 0 Å². The highest BCUT2D eigenvalue weighted by molar-refractivity contribution is 14.1. The van der Waals surface area contributed by atoms with Crippen LogP contribution >= 0.6 is 22.6 Å². The van der Waals surface area contributed by atoms with Crippen LogP contribution in [0.2, 0.25) is 0 Å². The summed E-state index contributed by atoms with van der Waals surface area (Å²) >= 11 is 1.99. The van der Waals surface area contributed by atoms with Crippen LogP contribution in [0.25, 0.3) is 0 Å². The first-order chi connectivity index (χ1) is 8.50. The van der Waals surface area contributed by atoms with Crippen molar-refractivity contribution in [3.63, 3.8) is 0 Å². The number of aryl methyl sites for hydroxylation is 1. The zero-order chi connectivity index (χ0) is 13.3. The normalized spacial score (nSPS) is 10.4. The minimum absolute atomic E-state index is 0.187. The Morgan fingerprint density at radius 3 is 2.39 bits per heavy atom. The van der Waals surface area contributed by atoms with Crippen LogP contribution in [-0.2, 0) is 0 Å². The average Bonchev–Trinajstić information content (AvgIpc) is 2.33. The Labute approximate surface area is 117 Å². The third-order valence-corrected chi connectivity index (χ3v) is 3.55. The molecule has 18 heavy (non-hydrogen) atoms. The van der Waals surface area contributed by atoms with Crippen LogP contribution in [0.3, 0.4) is 0 Å². The van der Waals surface area contributed by atoms with E-state index in [1.54, 1.807) is 24.3 Å². The van der Waals surface area contributed by atoms with Crippen molar-refractivity contribution in [1.82, 2.24) is 0 Å². The molecule has 0 saturated heterocycles. The Morgan fingerprint density at radius 2 is 1.72 bits per heavy atom. The van der Waals surface area contributed by atoms with Gasteiger partial charge in [-0.15, -0.1) is 0 Å². The van der Waals surface area contributed by atoms with E-state index in [2.05, 4.69) is 0 Å². The molecule has 0 saturated carbocycles. The fourth-order valence-corrected chi connectivity index (χ4v) is 2.24. The monoisotopic (exact) mass is 358 g/mol. The van der Waals surface area contributed by atoms with E-state index in [0.717, 1.165) is 12.1 Å². The van der Waals surface area contributed by atoms with Gasteiger partial charge in [0.1, 0.15) is 11.6 Å². The summed E-state index contributed by atoms with van der Waals surface area (Å²) in [7, 11) is 0. The number of hydrogen-bond acceptors (Lipinski definition) is 1. The van der Waals surface area contributed by atoms with Crippen molar-refractivity contribution >= 4 is 28.4 Å². The molecule has 0 bridgehead atoms. The standard InChI is InChI=1S/C14H9F2IO/c1-8-6-12(16)10(7-11(8)15)14(18)9-4-2-3-5-13(9)17/h2-7H,1H3. The molecule has 0 aromatic heterocycles. The Bertz CT molecular complexity index is 623. The van der Waals surface area contributed by atoms with Gasteiger partial charge in [0.15, 0.2) is 5.78 Å². The Kier molecular flexibility index (Phi) is 3.75. The second-order valence-corrected chi connectivity index (χ2v) is 5.05. The van der Waals surface area contributed by atoms with Gasteiger partial charge in [-0.1, -0.05) is 12.1 Å². The van der Waals surface area contributed by atoms with E-state index in [1.807, 2.05) is 22.6 Å². The van der Waals surface area contributed by atoms with Gasteiger partial charge in [-0.05, 0) is 59.3 Å². The van der Waals surface area contributed by atoms with Gasteiger partial charge in [0.25, 0.3) is 0 Å². The van der Waals surface area contributed by atoms with Crippen molar-refractivity contribution in [3.8, 4) is 0 Å². The summed E-state index contributed by atoms with van der Waals surface area (Å²) in [5, 5.41) is 0. The lowest BCUT2D eigenvalue weighted by molar-refractivity contribution is 0.103. The van der Waals surface area contributed by atoms with Crippen molar-refractivity contribution in [2.45, 2.75) is 6.92 Å². The van der Waals surface area contributed by atoms with Gasteiger partial charge in [0, 0.05) is 9.13 Å². The molecule has 0 amide bonds. The number of benzene rings is 2. The number of ketones is 1.